The average Bonchev–Trinajstić information content (AvgIpc) is 2.90. The second-order valence-corrected chi connectivity index (χ2v) is 6.38. The minimum absolute atomic E-state index is 0.0804. The highest BCUT2D eigenvalue weighted by atomic mass is 16.2. The lowest BCUT2D eigenvalue weighted by molar-refractivity contribution is 0.0802. The van der Waals surface area contributed by atoms with E-state index in [1.54, 1.807) is 36.2 Å². The standard InChI is InChI=1S/C19H26N4O2/c1-6-22(5)19(25)17-9-7-8-16(11-17)18(24)20-14(3)12-23-15(4)10-13(2)21-23/h7-11,14H,6,12H2,1-5H3,(H,20,24)/t14-/m1/s1. The molecule has 6 heteroatoms. The first kappa shape index (κ1) is 18.7. The Morgan fingerprint density at radius 3 is 2.52 bits per heavy atom. The summed E-state index contributed by atoms with van der Waals surface area (Å²) in [5, 5.41) is 7.38. The molecule has 1 aromatic heterocycles. The Morgan fingerprint density at radius 2 is 1.92 bits per heavy atom. The predicted molar refractivity (Wildman–Crippen MR) is 97.7 cm³/mol. The number of rotatable bonds is 6. The van der Waals surface area contributed by atoms with Crippen LogP contribution in [0.15, 0.2) is 30.3 Å². The fourth-order valence-corrected chi connectivity index (χ4v) is 2.63. The fourth-order valence-electron chi connectivity index (χ4n) is 2.63. The van der Waals surface area contributed by atoms with Crippen molar-refractivity contribution < 1.29 is 9.59 Å². The number of aryl methyl sites for hydroxylation is 2. The normalized spacial score (nSPS) is 11.9. The number of nitrogens with zero attached hydrogens (tertiary/aromatic N) is 3. The number of nitrogens with one attached hydrogen (secondary N) is 1. The largest absolute Gasteiger partial charge is 0.348 e. The second kappa shape index (κ2) is 7.96. The molecule has 0 fully saturated rings. The lowest BCUT2D eigenvalue weighted by Crippen LogP contribution is -2.36. The summed E-state index contributed by atoms with van der Waals surface area (Å²) in [5.41, 5.74) is 3.02. The van der Waals surface area contributed by atoms with Crippen molar-refractivity contribution in [3.63, 3.8) is 0 Å². The zero-order valence-electron chi connectivity index (χ0n) is 15.5. The van der Waals surface area contributed by atoms with E-state index < -0.39 is 0 Å². The van der Waals surface area contributed by atoms with Crippen LogP contribution in [-0.2, 0) is 6.54 Å². The maximum Gasteiger partial charge on any atom is 0.253 e. The van der Waals surface area contributed by atoms with Crippen molar-refractivity contribution in [2.45, 2.75) is 40.3 Å². The van der Waals surface area contributed by atoms with E-state index in [9.17, 15) is 9.59 Å². The molecule has 0 saturated carbocycles. The van der Waals surface area contributed by atoms with Gasteiger partial charge in [-0.2, -0.15) is 5.10 Å². The molecule has 2 rings (SSSR count). The van der Waals surface area contributed by atoms with E-state index in [-0.39, 0.29) is 17.9 Å². The van der Waals surface area contributed by atoms with E-state index in [0.29, 0.717) is 24.2 Å². The average molecular weight is 342 g/mol. The van der Waals surface area contributed by atoms with E-state index in [2.05, 4.69) is 10.4 Å². The van der Waals surface area contributed by atoms with Gasteiger partial charge in [0.05, 0.1) is 12.2 Å². The first-order valence-corrected chi connectivity index (χ1v) is 8.49. The number of hydrogen-bond acceptors (Lipinski definition) is 3. The Morgan fingerprint density at radius 1 is 1.24 bits per heavy atom. The molecule has 0 bridgehead atoms. The van der Waals surface area contributed by atoms with Crippen LogP contribution in [-0.4, -0.2) is 46.1 Å². The van der Waals surface area contributed by atoms with Crippen LogP contribution in [0.3, 0.4) is 0 Å². The molecule has 0 aliphatic heterocycles. The molecule has 2 aromatic rings. The zero-order valence-corrected chi connectivity index (χ0v) is 15.5. The van der Waals surface area contributed by atoms with Crippen LogP contribution in [0.5, 0.6) is 0 Å². The van der Waals surface area contributed by atoms with Crippen molar-refractivity contribution in [3.05, 3.63) is 52.8 Å². The van der Waals surface area contributed by atoms with Gasteiger partial charge in [0.15, 0.2) is 0 Å². The quantitative estimate of drug-likeness (QED) is 0.876. The topological polar surface area (TPSA) is 67.2 Å². The SMILES string of the molecule is CCN(C)C(=O)c1cccc(C(=O)N[C@H](C)Cn2nc(C)cc2C)c1. The Hall–Kier alpha value is -2.63. The van der Waals surface area contributed by atoms with Crippen LogP contribution >= 0.6 is 0 Å². The molecule has 0 aliphatic carbocycles. The highest BCUT2D eigenvalue weighted by Crippen LogP contribution is 2.09. The number of carbonyl (C=O) groups is 2. The molecule has 1 heterocycles. The Bertz CT molecular complexity index is 767. The Labute approximate surface area is 148 Å². The highest BCUT2D eigenvalue weighted by molar-refractivity contribution is 5.99. The van der Waals surface area contributed by atoms with Crippen LogP contribution in [0.4, 0.5) is 0 Å². The fraction of sp³-hybridized carbons (Fsp3) is 0.421. The first-order valence-electron chi connectivity index (χ1n) is 8.49. The monoisotopic (exact) mass is 342 g/mol. The smallest absolute Gasteiger partial charge is 0.253 e. The molecule has 2 amide bonds. The summed E-state index contributed by atoms with van der Waals surface area (Å²) in [6.45, 7) is 9.01. The maximum atomic E-state index is 12.5. The molecular weight excluding hydrogens is 316 g/mol. The van der Waals surface area contributed by atoms with E-state index >= 15 is 0 Å². The Balaban J connectivity index is 2.05. The molecule has 0 spiro atoms. The third-order valence-corrected chi connectivity index (χ3v) is 4.12. The molecule has 1 aromatic carbocycles. The van der Waals surface area contributed by atoms with Gasteiger partial charge in [0, 0.05) is 36.5 Å². The van der Waals surface area contributed by atoms with Gasteiger partial charge in [-0.3, -0.25) is 14.3 Å². The predicted octanol–water partition coefficient (Wildman–Crippen LogP) is 2.41. The Kier molecular flexibility index (Phi) is 5.96. The van der Waals surface area contributed by atoms with Crippen molar-refractivity contribution in [3.8, 4) is 0 Å². The van der Waals surface area contributed by atoms with Crippen molar-refractivity contribution >= 4 is 11.8 Å². The van der Waals surface area contributed by atoms with Crippen LogP contribution in [0.2, 0.25) is 0 Å². The number of benzene rings is 1. The van der Waals surface area contributed by atoms with Crippen molar-refractivity contribution in [2.24, 2.45) is 0 Å². The molecule has 0 saturated heterocycles. The lowest BCUT2D eigenvalue weighted by atomic mass is 10.1. The van der Waals surface area contributed by atoms with Gasteiger partial charge < -0.3 is 10.2 Å². The summed E-state index contributed by atoms with van der Waals surface area (Å²) in [7, 11) is 1.74. The summed E-state index contributed by atoms with van der Waals surface area (Å²) in [4.78, 5) is 26.3. The van der Waals surface area contributed by atoms with Gasteiger partial charge >= 0.3 is 0 Å². The van der Waals surface area contributed by atoms with E-state index in [1.165, 1.54) is 0 Å². The summed E-state index contributed by atoms with van der Waals surface area (Å²) in [6.07, 6.45) is 0. The second-order valence-electron chi connectivity index (χ2n) is 6.38. The molecule has 134 valence electrons. The van der Waals surface area contributed by atoms with E-state index in [0.717, 1.165) is 11.4 Å². The lowest BCUT2D eigenvalue weighted by Gasteiger charge is -2.17. The number of hydrogen-bond donors (Lipinski definition) is 1. The number of carbonyl (C=O) groups excluding carboxylic acids is 2. The van der Waals surface area contributed by atoms with Crippen molar-refractivity contribution in [1.29, 1.82) is 0 Å². The van der Waals surface area contributed by atoms with Gasteiger partial charge in [-0.05, 0) is 52.0 Å². The number of aromatic nitrogens is 2. The molecule has 0 aliphatic rings. The van der Waals surface area contributed by atoms with Gasteiger partial charge in [0.1, 0.15) is 0 Å². The molecule has 6 nitrogen and oxygen atoms in total. The van der Waals surface area contributed by atoms with Crippen LogP contribution in [0.1, 0.15) is 46.0 Å². The molecule has 0 unspecified atom stereocenters. The van der Waals surface area contributed by atoms with Gasteiger partial charge in [0.2, 0.25) is 0 Å². The zero-order chi connectivity index (χ0) is 18.6. The maximum absolute atomic E-state index is 12.5. The minimum Gasteiger partial charge on any atom is -0.348 e. The van der Waals surface area contributed by atoms with Gasteiger partial charge in [-0.1, -0.05) is 6.07 Å². The van der Waals surface area contributed by atoms with Gasteiger partial charge in [-0.15, -0.1) is 0 Å². The summed E-state index contributed by atoms with van der Waals surface area (Å²) >= 11 is 0. The van der Waals surface area contributed by atoms with Crippen molar-refractivity contribution in [2.75, 3.05) is 13.6 Å². The number of amides is 2. The molecule has 25 heavy (non-hydrogen) atoms. The molecule has 0 radical (unpaired) electrons. The third-order valence-electron chi connectivity index (χ3n) is 4.12. The van der Waals surface area contributed by atoms with Gasteiger partial charge in [0.25, 0.3) is 11.8 Å². The highest BCUT2D eigenvalue weighted by Gasteiger charge is 2.15. The van der Waals surface area contributed by atoms with Crippen molar-refractivity contribution in [1.82, 2.24) is 20.0 Å². The van der Waals surface area contributed by atoms with E-state index in [1.807, 2.05) is 38.4 Å². The van der Waals surface area contributed by atoms with Crippen LogP contribution in [0.25, 0.3) is 0 Å². The summed E-state index contributed by atoms with van der Waals surface area (Å²) < 4.78 is 1.89. The summed E-state index contributed by atoms with van der Waals surface area (Å²) in [5.74, 6) is -0.282. The van der Waals surface area contributed by atoms with Crippen LogP contribution < -0.4 is 5.32 Å². The van der Waals surface area contributed by atoms with E-state index in [4.69, 9.17) is 0 Å². The van der Waals surface area contributed by atoms with Crippen LogP contribution in [0, 0.1) is 13.8 Å². The summed E-state index contributed by atoms with van der Waals surface area (Å²) in [6, 6.07) is 8.74. The minimum atomic E-state index is -0.192. The molecule has 1 N–H and O–H groups in total. The van der Waals surface area contributed by atoms with Gasteiger partial charge in [-0.25, -0.2) is 0 Å². The molecule has 1 atom stereocenters. The third kappa shape index (κ3) is 4.68. The first-order chi connectivity index (χ1) is 11.8. The molecular formula is C19H26N4O2.